The van der Waals surface area contributed by atoms with Gasteiger partial charge < -0.3 is 9.47 Å². The largest absolute Gasteiger partial charge is 0.472 e. The molecule has 0 fully saturated rings. The van der Waals surface area contributed by atoms with Crippen LogP contribution in [0.2, 0.25) is 0 Å². The van der Waals surface area contributed by atoms with E-state index in [2.05, 4.69) is 33.1 Å². The first-order valence-electron chi connectivity index (χ1n) is 7.60. The third-order valence-electron chi connectivity index (χ3n) is 3.59. The van der Waals surface area contributed by atoms with Crippen molar-refractivity contribution in [2.24, 2.45) is 0 Å². The number of nitrogens with zero attached hydrogens (tertiary/aromatic N) is 3. The predicted molar refractivity (Wildman–Crippen MR) is 89.2 cm³/mol. The van der Waals surface area contributed by atoms with Crippen LogP contribution in [0.4, 0.5) is 10.6 Å². The summed E-state index contributed by atoms with van der Waals surface area (Å²) in [6, 6.07) is 11.7. The maximum atomic E-state index is 11.2. The molecule has 0 atom stereocenters. The van der Waals surface area contributed by atoms with E-state index >= 15 is 0 Å². The van der Waals surface area contributed by atoms with Crippen LogP contribution in [0.15, 0.2) is 42.6 Å². The predicted octanol–water partition coefficient (Wildman–Crippen LogP) is 3.05. The lowest BCUT2D eigenvalue weighted by Gasteiger charge is -2.09. The quantitative estimate of drug-likeness (QED) is 0.779. The molecule has 0 aliphatic heterocycles. The van der Waals surface area contributed by atoms with Gasteiger partial charge in [0.25, 0.3) is 0 Å². The first-order chi connectivity index (χ1) is 11.7. The highest BCUT2D eigenvalue weighted by atomic mass is 16.5. The van der Waals surface area contributed by atoms with E-state index in [1.54, 1.807) is 22.8 Å². The van der Waals surface area contributed by atoms with Gasteiger partial charge in [0.15, 0.2) is 11.5 Å². The minimum Gasteiger partial charge on any atom is -0.472 e. The van der Waals surface area contributed by atoms with Gasteiger partial charge in [-0.2, -0.15) is 0 Å². The Morgan fingerprint density at radius 3 is 2.75 bits per heavy atom. The molecule has 0 aliphatic rings. The normalized spacial score (nSPS) is 10.6. The summed E-state index contributed by atoms with van der Waals surface area (Å²) in [5.74, 6) is 0.846. The molecule has 0 saturated heterocycles. The monoisotopic (exact) mass is 326 g/mol. The summed E-state index contributed by atoms with van der Waals surface area (Å²) < 4.78 is 11.9. The second-order valence-corrected chi connectivity index (χ2v) is 5.13. The number of carbonyl (C=O) groups is 1. The van der Waals surface area contributed by atoms with Crippen molar-refractivity contribution in [3.05, 3.63) is 53.7 Å². The number of benzene rings is 1. The number of hydrogen-bond donors (Lipinski definition) is 1. The van der Waals surface area contributed by atoms with E-state index in [0.717, 1.165) is 12.0 Å². The summed E-state index contributed by atoms with van der Waals surface area (Å²) in [7, 11) is 1.30. The summed E-state index contributed by atoms with van der Waals surface area (Å²) in [6.07, 6.45) is 1.97. The fourth-order valence-electron chi connectivity index (χ4n) is 2.35. The third kappa shape index (κ3) is 3.45. The van der Waals surface area contributed by atoms with Gasteiger partial charge in [-0.3, -0.25) is 5.32 Å². The fraction of sp³-hybridized carbons (Fsp3) is 0.235. The summed E-state index contributed by atoms with van der Waals surface area (Å²) in [4.78, 5) is 15.4. The van der Waals surface area contributed by atoms with E-state index in [-0.39, 0.29) is 0 Å². The zero-order valence-corrected chi connectivity index (χ0v) is 13.5. The average molecular weight is 326 g/mol. The number of aromatic nitrogens is 3. The maximum Gasteiger partial charge on any atom is 0.412 e. The van der Waals surface area contributed by atoms with E-state index in [9.17, 15) is 4.79 Å². The molecule has 2 aromatic heterocycles. The lowest BCUT2D eigenvalue weighted by molar-refractivity contribution is 0.187. The molecule has 2 heterocycles. The SMILES string of the molecule is CCc1ccccc1COc1ccc2nc(NC(=O)OC)cn2n1. The number of methoxy groups -OCH3 is 1. The van der Waals surface area contributed by atoms with E-state index in [0.29, 0.717) is 24.0 Å². The van der Waals surface area contributed by atoms with E-state index in [1.807, 2.05) is 18.2 Å². The molecule has 124 valence electrons. The van der Waals surface area contributed by atoms with Crippen LogP contribution in [0.1, 0.15) is 18.1 Å². The summed E-state index contributed by atoms with van der Waals surface area (Å²) in [5.41, 5.74) is 2.99. The second kappa shape index (κ2) is 6.99. The Morgan fingerprint density at radius 1 is 1.21 bits per heavy atom. The van der Waals surface area contributed by atoms with Crippen LogP contribution in [-0.4, -0.2) is 27.8 Å². The smallest absolute Gasteiger partial charge is 0.412 e. The van der Waals surface area contributed by atoms with Crippen molar-refractivity contribution in [1.29, 1.82) is 0 Å². The lowest BCUT2D eigenvalue weighted by Crippen LogP contribution is -2.10. The van der Waals surface area contributed by atoms with Crippen molar-refractivity contribution in [1.82, 2.24) is 14.6 Å². The molecule has 7 heteroatoms. The molecule has 24 heavy (non-hydrogen) atoms. The van der Waals surface area contributed by atoms with Gasteiger partial charge in [-0.1, -0.05) is 31.2 Å². The van der Waals surface area contributed by atoms with Gasteiger partial charge in [0.05, 0.1) is 13.3 Å². The van der Waals surface area contributed by atoms with Crippen LogP contribution < -0.4 is 10.1 Å². The Balaban J connectivity index is 1.74. The standard InChI is InChI=1S/C17H18N4O3/c1-3-12-6-4-5-7-13(12)11-24-16-9-8-15-18-14(10-21(15)20-16)19-17(22)23-2/h4-10H,3,11H2,1-2H3,(H,19,22). The number of anilines is 1. The lowest BCUT2D eigenvalue weighted by atomic mass is 10.1. The van der Waals surface area contributed by atoms with Gasteiger partial charge in [-0.15, -0.1) is 5.10 Å². The fourth-order valence-corrected chi connectivity index (χ4v) is 2.35. The summed E-state index contributed by atoms with van der Waals surface area (Å²) in [5, 5.41) is 6.84. The van der Waals surface area contributed by atoms with Gasteiger partial charge in [-0.25, -0.2) is 14.3 Å². The summed E-state index contributed by atoms with van der Waals surface area (Å²) in [6.45, 7) is 2.56. The van der Waals surface area contributed by atoms with Gasteiger partial charge in [-0.05, 0) is 23.6 Å². The molecule has 0 radical (unpaired) electrons. The molecule has 0 spiro atoms. The van der Waals surface area contributed by atoms with Gasteiger partial charge in [0.2, 0.25) is 5.88 Å². The second-order valence-electron chi connectivity index (χ2n) is 5.13. The molecule has 1 amide bonds. The topological polar surface area (TPSA) is 77.8 Å². The number of amides is 1. The van der Waals surface area contributed by atoms with Crippen LogP contribution in [0.5, 0.6) is 5.88 Å². The molecule has 0 bridgehead atoms. The Morgan fingerprint density at radius 2 is 2.00 bits per heavy atom. The van der Waals surface area contributed by atoms with Gasteiger partial charge in [0.1, 0.15) is 6.61 Å². The third-order valence-corrected chi connectivity index (χ3v) is 3.59. The Labute approximate surface area is 139 Å². The van der Waals surface area contributed by atoms with Crippen molar-refractivity contribution in [3.63, 3.8) is 0 Å². The number of nitrogens with one attached hydrogen (secondary N) is 1. The molecule has 1 N–H and O–H groups in total. The maximum absolute atomic E-state index is 11.2. The zero-order valence-electron chi connectivity index (χ0n) is 13.5. The molecule has 3 aromatic rings. The minimum absolute atomic E-state index is 0.364. The van der Waals surface area contributed by atoms with Crippen molar-refractivity contribution in [3.8, 4) is 5.88 Å². The molecule has 0 unspecified atom stereocenters. The zero-order chi connectivity index (χ0) is 16.9. The number of aryl methyl sites for hydroxylation is 1. The molecule has 1 aromatic carbocycles. The van der Waals surface area contributed by atoms with Crippen LogP contribution in [0.3, 0.4) is 0 Å². The highest BCUT2D eigenvalue weighted by Gasteiger charge is 2.08. The number of carbonyl (C=O) groups excluding carboxylic acids is 1. The molecular weight excluding hydrogens is 308 g/mol. The van der Waals surface area contributed by atoms with Crippen LogP contribution in [0.25, 0.3) is 5.65 Å². The first kappa shape index (κ1) is 15.8. The number of ether oxygens (including phenoxy) is 2. The van der Waals surface area contributed by atoms with Crippen molar-refractivity contribution in [2.45, 2.75) is 20.0 Å². The number of hydrogen-bond acceptors (Lipinski definition) is 5. The van der Waals surface area contributed by atoms with Crippen LogP contribution >= 0.6 is 0 Å². The molecular formula is C17H18N4O3. The average Bonchev–Trinajstić information content (AvgIpc) is 3.01. The van der Waals surface area contributed by atoms with Crippen molar-refractivity contribution < 1.29 is 14.3 Å². The molecule has 7 nitrogen and oxygen atoms in total. The van der Waals surface area contributed by atoms with Crippen molar-refractivity contribution >= 4 is 17.6 Å². The number of rotatable bonds is 5. The van der Waals surface area contributed by atoms with Gasteiger partial charge in [0, 0.05) is 6.07 Å². The molecule has 0 saturated carbocycles. The van der Waals surface area contributed by atoms with E-state index in [1.165, 1.54) is 12.7 Å². The van der Waals surface area contributed by atoms with Crippen LogP contribution in [0, 0.1) is 0 Å². The highest BCUT2D eigenvalue weighted by Crippen LogP contribution is 2.16. The summed E-state index contributed by atoms with van der Waals surface area (Å²) >= 11 is 0. The number of fused-ring (bicyclic) bond motifs is 1. The molecule has 3 rings (SSSR count). The van der Waals surface area contributed by atoms with E-state index < -0.39 is 6.09 Å². The first-order valence-corrected chi connectivity index (χ1v) is 7.60. The molecule has 0 aliphatic carbocycles. The minimum atomic E-state index is -0.578. The van der Waals surface area contributed by atoms with Crippen molar-refractivity contribution in [2.75, 3.05) is 12.4 Å². The number of imidazole rings is 1. The van der Waals surface area contributed by atoms with E-state index in [4.69, 9.17) is 4.74 Å². The van der Waals surface area contributed by atoms with Crippen LogP contribution in [-0.2, 0) is 17.8 Å². The highest BCUT2D eigenvalue weighted by molar-refractivity contribution is 5.83. The Kier molecular flexibility index (Phi) is 4.60. The van der Waals surface area contributed by atoms with Gasteiger partial charge >= 0.3 is 6.09 Å². The Bertz CT molecular complexity index is 860. The Hall–Kier alpha value is -3.09.